The van der Waals surface area contributed by atoms with Crippen molar-refractivity contribution in [1.82, 2.24) is 5.32 Å². The SMILES string of the molecule is C=C(C)NC(=O)Nc1ccccc1NC. The van der Waals surface area contributed by atoms with Crippen molar-refractivity contribution in [3.05, 3.63) is 36.5 Å². The number of nitrogens with one attached hydrogen (secondary N) is 3. The zero-order chi connectivity index (χ0) is 11.3. The molecule has 4 nitrogen and oxygen atoms in total. The van der Waals surface area contributed by atoms with Crippen LogP contribution in [0.3, 0.4) is 0 Å². The highest BCUT2D eigenvalue weighted by atomic mass is 16.2. The Morgan fingerprint density at radius 1 is 1.27 bits per heavy atom. The van der Waals surface area contributed by atoms with Gasteiger partial charge in [-0.1, -0.05) is 18.7 Å². The molecule has 80 valence electrons. The van der Waals surface area contributed by atoms with Crippen molar-refractivity contribution in [3.63, 3.8) is 0 Å². The molecule has 0 atom stereocenters. The molecule has 3 N–H and O–H groups in total. The van der Waals surface area contributed by atoms with Crippen LogP contribution in [0.15, 0.2) is 36.5 Å². The summed E-state index contributed by atoms with van der Waals surface area (Å²) < 4.78 is 0. The van der Waals surface area contributed by atoms with Gasteiger partial charge in [0.15, 0.2) is 0 Å². The number of rotatable bonds is 3. The minimum Gasteiger partial charge on any atom is -0.386 e. The Balaban J connectivity index is 2.71. The van der Waals surface area contributed by atoms with Gasteiger partial charge < -0.3 is 16.0 Å². The van der Waals surface area contributed by atoms with Crippen molar-refractivity contribution in [1.29, 1.82) is 0 Å². The highest BCUT2D eigenvalue weighted by Gasteiger charge is 2.03. The number of carbonyl (C=O) groups is 1. The van der Waals surface area contributed by atoms with Crippen molar-refractivity contribution < 1.29 is 4.79 Å². The normalized spacial score (nSPS) is 9.20. The summed E-state index contributed by atoms with van der Waals surface area (Å²) >= 11 is 0. The van der Waals surface area contributed by atoms with Gasteiger partial charge in [0.25, 0.3) is 0 Å². The quantitative estimate of drug-likeness (QED) is 0.709. The molecule has 0 heterocycles. The summed E-state index contributed by atoms with van der Waals surface area (Å²) in [6.45, 7) is 5.32. The first-order valence-electron chi connectivity index (χ1n) is 4.64. The van der Waals surface area contributed by atoms with Gasteiger partial charge in [-0.3, -0.25) is 0 Å². The van der Waals surface area contributed by atoms with Crippen LogP contribution in [0.25, 0.3) is 0 Å². The Bertz CT molecular complexity index is 374. The summed E-state index contributed by atoms with van der Waals surface area (Å²) in [6, 6.07) is 7.18. The smallest absolute Gasteiger partial charge is 0.323 e. The number of hydrogen-bond acceptors (Lipinski definition) is 2. The van der Waals surface area contributed by atoms with Crippen molar-refractivity contribution in [2.45, 2.75) is 6.92 Å². The highest BCUT2D eigenvalue weighted by molar-refractivity contribution is 5.93. The van der Waals surface area contributed by atoms with Gasteiger partial charge in [-0.25, -0.2) is 4.79 Å². The van der Waals surface area contributed by atoms with Crippen molar-refractivity contribution in [3.8, 4) is 0 Å². The van der Waals surface area contributed by atoms with Gasteiger partial charge in [0, 0.05) is 12.7 Å². The van der Waals surface area contributed by atoms with Gasteiger partial charge >= 0.3 is 6.03 Å². The van der Waals surface area contributed by atoms with Crippen molar-refractivity contribution in [2.75, 3.05) is 17.7 Å². The third-order valence-corrected chi connectivity index (χ3v) is 1.77. The van der Waals surface area contributed by atoms with Gasteiger partial charge in [-0.05, 0) is 19.1 Å². The molecule has 0 saturated carbocycles. The first-order chi connectivity index (χ1) is 7.13. The van der Waals surface area contributed by atoms with E-state index in [0.29, 0.717) is 5.70 Å². The lowest BCUT2D eigenvalue weighted by molar-refractivity contribution is 0.254. The zero-order valence-corrected chi connectivity index (χ0v) is 8.92. The van der Waals surface area contributed by atoms with Gasteiger partial charge in [0.2, 0.25) is 0 Å². The number of urea groups is 1. The summed E-state index contributed by atoms with van der Waals surface area (Å²) in [4.78, 5) is 11.4. The maximum atomic E-state index is 11.4. The fraction of sp³-hybridized carbons (Fsp3) is 0.182. The van der Waals surface area contributed by atoms with E-state index in [1.54, 1.807) is 14.0 Å². The molecule has 2 amide bonds. The molecule has 0 spiro atoms. The standard InChI is InChI=1S/C11H15N3O/c1-8(2)13-11(15)14-10-7-5-4-6-9(10)12-3/h4-7,12H,1H2,2-3H3,(H2,13,14,15). The largest absolute Gasteiger partial charge is 0.386 e. The van der Waals surface area contributed by atoms with E-state index >= 15 is 0 Å². The maximum absolute atomic E-state index is 11.4. The maximum Gasteiger partial charge on any atom is 0.323 e. The zero-order valence-electron chi connectivity index (χ0n) is 8.92. The average molecular weight is 205 g/mol. The molecular formula is C11H15N3O. The van der Waals surface area contributed by atoms with Crippen LogP contribution in [0.4, 0.5) is 16.2 Å². The molecule has 0 aliphatic carbocycles. The Labute approximate surface area is 89.4 Å². The van der Waals surface area contributed by atoms with E-state index in [4.69, 9.17) is 0 Å². The minimum atomic E-state index is -0.287. The fourth-order valence-corrected chi connectivity index (χ4v) is 1.16. The number of hydrogen-bond donors (Lipinski definition) is 3. The van der Waals surface area contributed by atoms with E-state index in [1.807, 2.05) is 24.3 Å². The lowest BCUT2D eigenvalue weighted by Gasteiger charge is -2.10. The average Bonchev–Trinajstić information content (AvgIpc) is 2.17. The summed E-state index contributed by atoms with van der Waals surface area (Å²) in [5.74, 6) is 0. The van der Waals surface area contributed by atoms with Gasteiger partial charge in [0.05, 0.1) is 11.4 Å². The second-order valence-electron chi connectivity index (χ2n) is 3.16. The molecule has 1 aromatic carbocycles. The van der Waals surface area contributed by atoms with E-state index in [2.05, 4.69) is 22.5 Å². The van der Waals surface area contributed by atoms with Crippen LogP contribution >= 0.6 is 0 Å². The second kappa shape index (κ2) is 5.05. The Kier molecular flexibility index (Phi) is 3.74. The first-order valence-corrected chi connectivity index (χ1v) is 4.64. The molecule has 0 bridgehead atoms. The molecule has 1 aromatic rings. The number of carbonyl (C=O) groups excluding carboxylic acids is 1. The van der Waals surface area contributed by atoms with Crippen molar-refractivity contribution >= 4 is 17.4 Å². The highest BCUT2D eigenvalue weighted by Crippen LogP contribution is 2.19. The van der Waals surface area contributed by atoms with Crippen LogP contribution in [0.1, 0.15) is 6.92 Å². The van der Waals surface area contributed by atoms with E-state index in [1.165, 1.54) is 0 Å². The molecule has 0 aliphatic rings. The van der Waals surface area contributed by atoms with Gasteiger partial charge in [-0.2, -0.15) is 0 Å². The van der Waals surface area contributed by atoms with Crippen LogP contribution in [0, 0.1) is 0 Å². The van der Waals surface area contributed by atoms with Gasteiger partial charge in [0.1, 0.15) is 0 Å². The number of anilines is 2. The van der Waals surface area contributed by atoms with Crippen LogP contribution in [-0.4, -0.2) is 13.1 Å². The molecule has 1 rings (SSSR count). The van der Waals surface area contributed by atoms with E-state index in [9.17, 15) is 4.79 Å². The molecule has 0 aliphatic heterocycles. The predicted molar refractivity (Wildman–Crippen MR) is 63.0 cm³/mol. The molecule has 0 radical (unpaired) electrons. The predicted octanol–water partition coefficient (Wildman–Crippen LogP) is 2.38. The summed E-state index contributed by atoms with van der Waals surface area (Å²) in [6.07, 6.45) is 0. The van der Waals surface area contributed by atoms with Crippen LogP contribution < -0.4 is 16.0 Å². The number of para-hydroxylation sites is 2. The number of benzene rings is 1. The molecular weight excluding hydrogens is 190 g/mol. The molecule has 0 fully saturated rings. The third kappa shape index (κ3) is 3.34. The van der Waals surface area contributed by atoms with E-state index in [-0.39, 0.29) is 6.03 Å². The number of amides is 2. The molecule has 4 heteroatoms. The lowest BCUT2D eigenvalue weighted by Crippen LogP contribution is -2.26. The Morgan fingerprint density at radius 3 is 2.40 bits per heavy atom. The van der Waals surface area contributed by atoms with Crippen LogP contribution in [-0.2, 0) is 0 Å². The van der Waals surface area contributed by atoms with Gasteiger partial charge in [-0.15, -0.1) is 0 Å². The summed E-state index contributed by atoms with van der Waals surface area (Å²) in [7, 11) is 1.80. The fourth-order valence-electron chi connectivity index (χ4n) is 1.16. The van der Waals surface area contributed by atoms with Crippen LogP contribution in [0.5, 0.6) is 0 Å². The summed E-state index contributed by atoms with van der Waals surface area (Å²) in [5, 5.41) is 8.28. The lowest BCUT2D eigenvalue weighted by atomic mass is 10.2. The van der Waals surface area contributed by atoms with Crippen LogP contribution in [0.2, 0.25) is 0 Å². The topological polar surface area (TPSA) is 53.2 Å². The number of allylic oxidation sites excluding steroid dienone is 1. The van der Waals surface area contributed by atoms with Crippen molar-refractivity contribution in [2.24, 2.45) is 0 Å². The molecule has 0 unspecified atom stereocenters. The second-order valence-corrected chi connectivity index (χ2v) is 3.16. The molecule has 15 heavy (non-hydrogen) atoms. The monoisotopic (exact) mass is 205 g/mol. The summed E-state index contributed by atoms with van der Waals surface area (Å²) in [5.41, 5.74) is 2.21. The molecule has 0 saturated heterocycles. The minimum absolute atomic E-state index is 0.287. The van der Waals surface area contributed by atoms with E-state index in [0.717, 1.165) is 11.4 Å². The van der Waals surface area contributed by atoms with E-state index < -0.39 is 0 Å². The first kappa shape index (κ1) is 11.1. The molecule has 0 aromatic heterocycles. The Morgan fingerprint density at radius 2 is 1.87 bits per heavy atom. The Hall–Kier alpha value is -1.97. The third-order valence-electron chi connectivity index (χ3n) is 1.77.